The van der Waals surface area contributed by atoms with Crippen molar-refractivity contribution in [2.45, 2.75) is 30.7 Å². The molecule has 1 heterocycles. The van der Waals surface area contributed by atoms with Gasteiger partial charge in [0.1, 0.15) is 13.2 Å². The normalized spacial score (nSPS) is 16.9. The Balaban J connectivity index is 1.45. The van der Waals surface area contributed by atoms with Crippen LogP contribution in [0.4, 0.5) is 5.69 Å². The minimum Gasteiger partial charge on any atom is -0.486 e. The van der Waals surface area contributed by atoms with Gasteiger partial charge in [-0.3, -0.25) is 9.52 Å². The van der Waals surface area contributed by atoms with Crippen LogP contribution in [-0.4, -0.2) is 33.6 Å². The molecule has 1 aliphatic heterocycles. The number of carbonyl (C=O) groups is 1. The van der Waals surface area contributed by atoms with E-state index in [0.717, 1.165) is 12.8 Å². The Labute approximate surface area is 164 Å². The van der Waals surface area contributed by atoms with Crippen molar-refractivity contribution in [1.29, 1.82) is 0 Å². The van der Waals surface area contributed by atoms with Crippen LogP contribution >= 0.6 is 0 Å². The van der Waals surface area contributed by atoms with E-state index in [1.54, 1.807) is 30.3 Å². The zero-order valence-corrected chi connectivity index (χ0v) is 16.3. The molecule has 1 amide bonds. The SMILES string of the molecule is C[C@H](NC(=O)c1ccc(NS(=O)(=O)c2ccc3c(c2)OCCO3)cc1)C1CC1. The number of carbonyl (C=O) groups excluding carboxylic acids is 1. The summed E-state index contributed by atoms with van der Waals surface area (Å²) >= 11 is 0. The molecule has 2 aliphatic rings. The molecule has 8 heteroatoms. The molecule has 28 heavy (non-hydrogen) atoms. The standard InChI is InChI=1S/C20H22N2O5S/c1-13(14-2-3-14)21-20(23)15-4-6-16(7-5-15)22-28(24,25)17-8-9-18-19(12-17)27-11-10-26-18/h4-9,12-14,22H,2-3,10-11H2,1H3,(H,21,23)/t13-/m0/s1. The van der Waals surface area contributed by atoms with Crippen LogP contribution in [0.5, 0.6) is 11.5 Å². The van der Waals surface area contributed by atoms with E-state index in [1.165, 1.54) is 12.1 Å². The molecular formula is C20H22N2O5S. The van der Waals surface area contributed by atoms with Crippen molar-refractivity contribution in [3.63, 3.8) is 0 Å². The van der Waals surface area contributed by atoms with Crippen LogP contribution in [0.2, 0.25) is 0 Å². The fraction of sp³-hybridized carbons (Fsp3) is 0.350. The Morgan fingerprint density at radius 2 is 1.71 bits per heavy atom. The molecule has 0 bridgehead atoms. The van der Waals surface area contributed by atoms with Crippen molar-refractivity contribution in [3.8, 4) is 11.5 Å². The number of sulfonamides is 1. The van der Waals surface area contributed by atoms with Crippen LogP contribution in [0, 0.1) is 5.92 Å². The number of amides is 1. The second-order valence-corrected chi connectivity index (χ2v) is 8.77. The molecule has 148 valence electrons. The lowest BCUT2D eigenvalue weighted by Crippen LogP contribution is -2.33. The van der Waals surface area contributed by atoms with Crippen molar-refractivity contribution < 1.29 is 22.7 Å². The van der Waals surface area contributed by atoms with Crippen LogP contribution in [0.15, 0.2) is 47.4 Å². The van der Waals surface area contributed by atoms with Crippen molar-refractivity contribution in [1.82, 2.24) is 5.32 Å². The fourth-order valence-electron chi connectivity index (χ4n) is 3.10. The summed E-state index contributed by atoms with van der Waals surface area (Å²) in [4.78, 5) is 12.3. The predicted molar refractivity (Wildman–Crippen MR) is 104 cm³/mol. The van der Waals surface area contributed by atoms with E-state index in [1.807, 2.05) is 6.92 Å². The highest BCUT2D eigenvalue weighted by molar-refractivity contribution is 7.92. The number of nitrogens with one attached hydrogen (secondary N) is 2. The topological polar surface area (TPSA) is 93.7 Å². The van der Waals surface area contributed by atoms with Gasteiger partial charge in [-0.2, -0.15) is 0 Å². The van der Waals surface area contributed by atoms with E-state index >= 15 is 0 Å². The Kier molecular flexibility index (Phi) is 4.89. The molecular weight excluding hydrogens is 380 g/mol. The van der Waals surface area contributed by atoms with Gasteiger partial charge in [-0.25, -0.2) is 8.42 Å². The highest BCUT2D eigenvalue weighted by Gasteiger charge is 2.29. The van der Waals surface area contributed by atoms with Crippen LogP contribution < -0.4 is 19.5 Å². The Morgan fingerprint density at radius 1 is 1.04 bits per heavy atom. The van der Waals surface area contributed by atoms with Crippen molar-refractivity contribution in [2.24, 2.45) is 5.92 Å². The molecule has 0 saturated heterocycles. The lowest BCUT2D eigenvalue weighted by molar-refractivity contribution is 0.0936. The molecule has 2 aromatic carbocycles. The summed E-state index contributed by atoms with van der Waals surface area (Å²) in [6, 6.07) is 11.0. The second kappa shape index (κ2) is 7.35. The van der Waals surface area contributed by atoms with Crippen molar-refractivity contribution in [3.05, 3.63) is 48.0 Å². The minimum absolute atomic E-state index is 0.0804. The number of hydrogen-bond acceptors (Lipinski definition) is 5. The maximum absolute atomic E-state index is 12.6. The molecule has 2 N–H and O–H groups in total. The minimum atomic E-state index is -3.79. The number of rotatable bonds is 6. The average molecular weight is 402 g/mol. The average Bonchev–Trinajstić information content (AvgIpc) is 3.53. The first-order chi connectivity index (χ1) is 13.4. The zero-order valence-electron chi connectivity index (χ0n) is 15.5. The van der Waals surface area contributed by atoms with Gasteiger partial charge in [-0.05, 0) is 62.1 Å². The van der Waals surface area contributed by atoms with Crippen LogP contribution in [0.25, 0.3) is 0 Å². The second-order valence-electron chi connectivity index (χ2n) is 7.09. The predicted octanol–water partition coefficient (Wildman–Crippen LogP) is 2.79. The lowest BCUT2D eigenvalue weighted by atomic mass is 10.1. The van der Waals surface area contributed by atoms with Crippen LogP contribution in [0.3, 0.4) is 0 Å². The monoisotopic (exact) mass is 402 g/mol. The molecule has 2 aromatic rings. The quantitative estimate of drug-likeness (QED) is 0.775. The van der Waals surface area contributed by atoms with Gasteiger partial charge in [0.25, 0.3) is 15.9 Å². The van der Waals surface area contributed by atoms with Gasteiger partial charge in [-0.1, -0.05) is 0 Å². The summed E-state index contributed by atoms with van der Waals surface area (Å²) in [5, 5.41) is 2.98. The van der Waals surface area contributed by atoms with Gasteiger partial charge in [-0.15, -0.1) is 0 Å². The molecule has 0 radical (unpaired) electrons. The smallest absolute Gasteiger partial charge is 0.262 e. The van der Waals surface area contributed by atoms with Crippen LogP contribution in [-0.2, 0) is 10.0 Å². The molecule has 7 nitrogen and oxygen atoms in total. The van der Waals surface area contributed by atoms with E-state index in [-0.39, 0.29) is 16.8 Å². The van der Waals surface area contributed by atoms with Gasteiger partial charge in [0.05, 0.1) is 4.90 Å². The summed E-state index contributed by atoms with van der Waals surface area (Å²) in [6.07, 6.45) is 2.31. The molecule has 1 aliphatic carbocycles. The lowest BCUT2D eigenvalue weighted by Gasteiger charge is -2.19. The van der Waals surface area contributed by atoms with E-state index < -0.39 is 10.0 Å². The highest BCUT2D eigenvalue weighted by atomic mass is 32.2. The molecule has 1 saturated carbocycles. The molecule has 1 atom stereocenters. The first kappa shape index (κ1) is 18.6. The summed E-state index contributed by atoms with van der Waals surface area (Å²) in [5.41, 5.74) is 0.872. The summed E-state index contributed by atoms with van der Waals surface area (Å²) in [5.74, 6) is 1.36. The Hall–Kier alpha value is -2.74. The van der Waals surface area contributed by atoms with E-state index in [0.29, 0.717) is 41.9 Å². The third-order valence-corrected chi connectivity index (χ3v) is 6.29. The molecule has 1 fully saturated rings. The number of hydrogen-bond donors (Lipinski definition) is 2. The summed E-state index contributed by atoms with van der Waals surface area (Å²) < 4.78 is 38.7. The number of benzene rings is 2. The third kappa shape index (κ3) is 4.06. The maximum Gasteiger partial charge on any atom is 0.262 e. The molecule has 0 aromatic heterocycles. The van der Waals surface area contributed by atoms with E-state index in [4.69, 9.17) is 9.47 Å². The van der Waals surface area contributed by atoms with Gasteiger partial charge in [0, 0.05) is 23.4 Å². The number of anilines is 1. The first-order valence-corrected chi connectivity index (χ1v) is 10.7. The van der Waals surface area contributed by atoms with E-state index in [9.17, 15) is 13.2 Å². The van der Waals surface area contributed by atoms with Crippen molar-refractivity contribution >= 4 is 21.6 Å². The first-order valence-electron chi connectivity index (χ1n) is 9.26. The fourth-order valence-corrected chi connectivity index (χ4v) is 4.17. The zero-order chi connectivity index (χ0) is 19.7. The maximum atomic E-state index is 12.6. The molecule has 0 unspecified atom stereocenters. The largest absolute Gasteiger partial charge is 0.486 e. The van der Waals surface area contributed by atoms with E-state index in [2.05, 4.69) is 10.0 Å². The molecule has 0 spiro atoms. The van der Waals surface area contributed by atoms with Gasteiger partial charge in [0.2, 0.25) is 0 Å². The molecule has 4 rings (SSSR count). The Bertz CT molecular complexity index is 984. The number of ether oxygens (including phenoxy) is 2. The highest BCUT2D eigenvalue weighted by Crippen LogP contribution is 2.33. The third-order valence-electron chi connectivity index (χ3n) is 4.91. The van der Waals surface area contributed by atoms with Gasteiger partial charge >= 0.3 is 0 Å². The summed E-state index contributed by atoms with van der Waals surface area (Å²) in [6.45, 7) is 2.83. The van der Waals surface area contributed by atoms with Gasteiger partial charge in [0.15, 0.2) is 11.5 Å². The number of fused-ring (bicyclic) bond motifs is 1. The van der Waals surface area contributed by atoms with Crippen LogP contribution in [0.1, 0.15) is 30.1 Å². The van der Waals surface area contributed by atoms with Crippen molar-refractivity contribution in [2.75, 3.05) is 17.9 Å². The Morgan fingerprint density at radius 3 is 2.39 bits per heavy atom. The van der Waals surface area contributed by atoms with Gasteiger partial charge < -0.3 is 14.8 Å². The summed E-state index contributed by atoms with van der Waals surface area (Å²) in [7, 11) is -3.79.